The molecule has 0 heterocycles. The normalized spacial score (nSPS) is 9.00. The van der Waals surface area contributed by atoms with Crippen molar-refractivity contribution in [2.75, 3.05) is 6.61 Å². The van der Waals surface area contributed by atoms with E-state index >= 15 is 0 Å². The van der Waals surface area contributed by atoms with Crippen molar-refractivity contribution in [1.29, 1.82) is 10.5 Å². The van der Waals surface area contributed by atoms with Gasteiger partial charge in [0.15, 0.2) is 0 Å². The molecule has 0 fully saturated rings. The zero-order valence-corrected chi connectivity index (χ0v) is 8.03. The lowest BCUT2D eigenvalue weighted by atomic mass is 10.2. The van der Waals surface area contributed by atoms with Crippen molar-refractivity contribution in [2.45, 2.75) is 12.8 Å². The van der Waals surface area contributed by atoms with Gasteiger partial charge >= 0.3 is 0 Å². The van der Waals surface area contributed by atoms with Crippen molar-refractivity contribution in [3.63, 3.8) is 0 Å². The van der Waals surface area contributed by atoms with Gasteiger partial charge in [0, 0.05) is 6.42 Å². The number of hydrogen-bond acceptors (Lipinski definition) is 3. The molecule has 4 heteroatoms. The molecule has 0 spiro atoms. The van der Waals surface area contributed by atoms with Gasteiger partial charge in [0.1, 0.15) is 23.2 Å². The number of benzene rings is 1. The molecule has 0 amide bonds. The van der Waals surface area contributed by atoms with Crippen molar-refractivity contribution < 1.29 is 9.13 Å². The SMILES string of the molecule is N#CCCCOc1cccc(F)c1C#N. The largest absolute Gasteiger partial charge is 0.492 e. The van der Waals surface area contributed by atoms with E-state index in [9.17, 15) is 4.39 Å². The third-order valence-corrected chi connectivity index (χ3v) is 1.78. The fraction of sp³-hybridized carbons (Fsp3) is 0.273. The number of nitriles is 2. The predicted molar refractivity (Wildman–Crippen MR) is 51.5 cm³/mol. The summed E-state index contributed by atoms with van der Waals surface area (Å²) >= 11 is 0. The zero-order valence-electron chi connectivity index (χ0n) is 8.03. The molecule has 1 aromatic carbocycles. The van der Waals surface area contributed by atoms with Crippen LogP contribution in [-0.4, -0.2) is 6.61 Å². The van der Waals surface area contributed by atoms with Crippen LogP contribution >= 0.6 is 0 Å². The Morgan fingerprint density at radius 2 is 2.13 bits per heavy atom. The molecule has 0 atom stereocenters. The summed E-state index contributed by atoms with van der Waals surface area (Å²) in [7, 11) is 0. The molecule has 0 unspecified atom stereocenters. The van der Waals surface area contributed by atoms with Crippen LogP contribution in [0, 0.1) is 28.5 Å². The van der Waals surface area contributed by atoms with Crippen LogP contribution in [0.2, 0.25) is 0 Å². The van der Waals surface area contributed by atoms with Gasteiger partial charge in [-0.25, -0.2) is 4.39 Å². The van der Waals surface area contributed by atoms with Crippen LogP contribution in [0.4, 0.5) is 4.39 Å². The van der Waals surface area contributed by atoms with Crippen LogP contribution in [0.5, 0.6) is 5.75 Å². The molecule has 0 aliphatic heterocycles. The maximum atomic E-state index is 13.1. The van der Waals surface area contributed by atoms with Gasteiger partial charge in [0.2, 0.25) is 0 Å². The average molecular weight is 204 g/mol. The first-order valence-corrected chi connectivity index (χ1v) is 4.48. The fourth-order valence-corrected chi connectivity index (χ4v) is 1.07. The number of halogens is 1. The lowest BCUT2D eigenvalue weighted by Crippen LogP contribution is -1.99. The molecule has 0 bridgehead atoms. The monoisotopic (exact) mass is 204 g/mol. The van der Waals surface area contributed by atoms with E-state index in [-0.39, 0.29) is 11.3 Å². The molecule has 15 heavy (non-hydrogen) atoms. The van der Waals surface area contributed by atoms with E-state index in [1.165, 1.54) is 18.2 Å². The molecule has 1 rings (SSSR count). The van der Waals surface area contributed by atoms with Gasteiger partial charge < -0.3 is 4.74 Å². The van der Waals surface area contributed by atoms with E-state index in [1.54, 1.807) is 6.07 Å². The Morgan fingerprint density at radius 3 is 2.80 bits per heavy atom. The summed E-state index contributed by atoms with van der Waals surface area (Å²) in [5, 5.41) is 17.0. The summed E-state index contributed by atoms with van der Waals surface area (Å²) in [6.45, 7) is 0.311. The second kappa shape index (κ2) is 5.62. The highest BCUT2D eigenvalue weighted by Gasteiger charge is 2.07. The van der Waals surface area contributed by atoms with Crippen molar-refractivity contribution in [2.24, 2.45) is 0 Å². The van der Waals surface area contributed by atoms with E-state index in [2.05, 4.69) is 0 Å². The Bertz CT molecular complexity index is 418. The van der Waals surface area contributed by atoms with Crippen molar-refractivity contribution >= 4 is 0 Å². The summed E-state index contributed by atoms with van der Waals surface area (Å²) in [4.78, 5) is 0. The number of unbranched alkanes of at least 4 members (excludes halogenated alkanes) is 1. The minimum absolute atomic E-state index is 0.0885. The Kier molecular flexibility index (Phi) is 4.12. The molecule has 0 saturated carbocycles. The Labute approximate surface area is 87.3 Å². The van der Waals surface area contributed by atoms with Crippen molar-refractivity contribution in [1.82, 2.24) is 0 Å². The molecular formula is C11H9FN2O. The molecule has 0 aliphatic carbocycles. The van der Waals surface area contributed by atoms with Crippen LogP contribution in [0.3, 0.4) is 0 Å². The summed E-state index contributed by atoms with van der Waals surface area (Å²) in [5.74, 6) is -0.356. The second-order valence-electron chi connectivity index (χ2n) is 2.83. The minimum Gasteiger partial charge on any atom is -0.492 e. The molecule has 76 valence electrons. The molecule has 0 radical (unpaired) electrons. The highest BCUT2D eigenvalue weighted by atomic mass is 19.1. The molecule has 0 N–H and O–H groups in total. The maximum absolute atomic E-state index is 13.1. The van der Waals surface area contributed by atoms with Crippen molar-refractivity contribution in [3.8, 4) is 17.9 Å². The second-order valence-corrected chi connectivity index (χ2v) is 2.83. The summed E-state index contributed by atoms with van der Waals surface area (Å²) in [6, 6.07) is 7.94. The highest BCUT2D eigenvalue weighted by molar-refractivity contribution is 5.43. The van der Waals surface area contributed by atoms with Crippen LogP contribution in [0.15, 0.2) is 18.2 Å². The molecular weight excluding hydrogens is 195 g/mol. The molecule has 0 aromatic heterocycles. The van der Waals surface area contributed by atoms with Gasteiger partial charge in [-0.1, -0.05) is 6.07 Å². The van der Waals surface area contributed by atoms with E-state index in [0.29, 0.717) is 19.4 Å². The fourth-order valence-electron chi connectivity index (χ4n) is 1.07. The van der Waals surface area contributed by atoms with Crippen molar-refractivity contribution in [3.05, 3.63) is 29.6 Å². The Hall–Kier alpha value is -2.07. The summed E-state index contributed by atoms with van der Waals surface area (Å²) in [5.41, 5.74) is -0.0885. The first-order chi connectivity index (χ1) is 7.29. The van der Waals surface area contributed by atoms with Gasteiger partial charge in [-0.3, -0.25) is 0 Å². The van der Waals surface area contributed by atoms with Gasteiger partial charge in [-0.2, -0.15) is 10.5 Å². The van der Waals surface area contributed by atoms with Crippen LogP contribution in [-0.2, 0) is 0 Å². The lowest BCUT2D eigenvalue weighted by Gasteiger charge is -2.06. The summed E-state index contributed by atoms with van der Waals surface area (Å²) < 4.78 is 18.3. The van der Waals surface area contributed by atoms with E-state index < -0.39 is 5.82 Å². The quantitative estimate of drug-likeness (QED) is 0.707. The summed E-state index contributed by atoms with van der Waals surface area (Å²) in [6.07, 6.45) is 0.953. The highest BCUT2D eigenvalue weighted by Crippen LogP contribution is 2.20. The average Bonchev–Trinajstić information content (AvgIpc) is 2.24. The first kappa shape index (κ1) is 11.0. The smallest absolute Gasteiger partial charge is 0.144 e. The van der Waals surface area contributed by atoms with Crippen LogP contribution < -0.4 is 4.74 Å². The van der Waals surface area contributed by atoms with E-state index in [0.717, 1.165) is 0 Å². The third kappa shape index (κ3) is 2.96. The maximum Gasteiger partial charge on any atom is 0.144 e. The minimum atomic E-state index is -0.588. The topological polar surface area (TPSA) is 56.8 Å². The van der Waals surface area contributed by atoms with E-state index in [4.69, 9.17) is 15.3 Å². The molecule has 3 nitrogen and oxygen atoms in total. The van der Waals surface area contributed by atoms with Gasteiger partial charge in [-0.15, -0.1) is 0 Å². The number of hydrogen-bond donors (Lipinski definition) is 0. The lowest BCUT2D eigenvalue weighted by molar-refractivity contribution is 0.310. The van der Waals surface area contributed by atoms with Crippen LogP contribution in [0.25, 0.3) is 0 Å². The Balaban J connectivity index is 2.66. The molecule has 0 saturated heterocycles. The third-order valence-electron chi connectivity index (χ3n) is 1.78. The molecule has 1 aromatic rings. The van der Waals surface area contributed by atoms with E-state index in [1.807, 2.05) is 6.07 Å². The van der Waals surface area contributed by atoms with Gasteiger partial charge in [0.05, 0.1) is 12.7 Å². The number of rotatable bonds is 4. The number of ether oxygens (including phenoxy) is 1. The molecule has 0 aliphatic rings. The first-order valence-electron chi connectivity index (χ1n) is 4.48. The number of nitrogens with zero attached hydrogens (tertiary/aromatic N) is 2. The standard InChI is InChI=1S/C11H9FN2O/c12-10-4-3-5-11(9(10)8-14)15-7-2-1-6-13/h3-5H,1-2,7H2. The van der Waals surface area contributed by atoms with Crippen LogP contribution in [0.1, 0.15) is 18.4 Å². The van der Waals surface area contributed by atoms with Gasteiger partial charge in [0.25, 0.3) is 0 Å². The predicted octanol–water partition coefficient (Wildman–Crippen LogP) is 2.38. The Morgan fingerprint density at radius 1 is 1.33 bits per heavy atom. The van der Waals surface area contributed by atoms with Gasteiger partial charge in [-0.05, 0) is 18.6 Å². The zero-order chi connectivity index (χ0) is 11.1.